The average Bonchev–Trinajstić information content (AvgIpc) is 3.02. The molecular formula is C33H33NO6S. The van der Waals surface area contributed by atoms with Crippen molar-refractivity contribution in [3.05, 3.63) is 102 Å². The highest BCUT2D eigenvalue weighted by atomic mass is 32.2. The third-order valence-electron chi connectivity index (χ3n) is 7.61. The van der Waals surface area contributed by atoms with Gasteiger partial charge in [-0.05, 0) is 71.5 Å². The molecule has 5 rings (SSSR count). The minimum Gasteiger partial charge on any atom is -0.482 e. The maximum Gasteiger partial charge on any atom is 0.344 e. The fourth-order valence-electron chi connectivity index (χ4n) is 5.17. The molecule has 0 atom stereocenters. The Morgan fingerprint density at radius 2 is 1.49 bits per heavy atom. The standard InChI is InChI=1S/C33H33NO6S/c1-34(41(37,38)31-20-15-25-9-5-6-10-28(25)21-31)29-16-18-30(19-17-29)39-23-33(36)40-22-32(35)27-13-11-26(12-14-27)24-7-3-2-4-8-24/h5-6,9-21,24H,2-4,7-8,22-23H2,1H3. The van der Waals surface area contributed by atoms with E-state index in [1.807, 2.05) is 36.4 Å². The number of rotatable bonds is 10. The second kappa shape index (κ2) is 12.6. The number of benzene rings is 4. The number of hydrogen-bond donors (Lipinski definition) is 0. The molecule has 0 amide bonds. The quantitative estimate of drug-likeness (QED) is 0.159. The van der Waals surface area contributed by atoms with Crippen LogP contribution in [0, 0.1) is 0 Å². The van der Waals surface area contributed by atoms with E-state index in [2.05, 4.69) is 0 Å². The average molecular weight is 572 g/mol. The van der Waals surface area contributed by atoms with Gasteiger partial charge in [0.25, 0.3) is 10.0 Å². The Kier molecular flexibility index (Phi) is 8.69. The van der Waals surface area contributed by atoms with E-state index in [0.29, 0.717) is 22.9 Å². The van der Waals surface area contributed by atoms with Crippen LogP contribution in [0.4, 0.5) is 5.69 Å². The molecule has 1 saturated carbocycles. The molecule has 4 aromatic carbocycles. The Morgan fingerprint density at radius 1 is 0.805 bits per heavy atom. The Hall–Kier alpha value is -4.17. The van der Waals surface area contributed by atoms with E-state index in [1.54, 1.807) is 54.6 Å². The van der Waals surface area contributed by atoms with Gasteiger partial charge in [-0.25, -0.2) is 13.2 Å². The molecule has 0 spiro atoms. The van der Waals surface area contributed by atoms with Crippen LogP contribution >= 0.6 is 0 Å². The van der Waals surface area contributed by atoms with Crippen LogP contribution in [-0.4, -0.2) is 40.4 Å². The molecule has 1 aliphatic rings. The van der Waals surface area contributed by atoms with Gasteiger partial charge in [-0.1, -0.05) is 73.9 Å². The summed E-state index contributed by atoms with van der Waals surface area (Å²) in [4.78, 5) is 24.9. The predicted molar refractivity (Wildman–Crippen MR) is 159 cm³/mol. The van der Waals surface area contributed by atoms with E-state index in [4.69, 9.17) is 9.47 Å². The van der Waals surface area contributed by atoms with Gasteiger partial charge in [0.15, 0.2) is 19.0 Å². The van der Waals surface area contributed by atoms with Crippen molar-refractivity contribution in [1.82, 2.24) is 0 Å². The van der Waals surface area contributed by atoms with Crippen molar-refractivity contribution in [2.75, 3.05) is 24.6 Å². The first-order valence-electron chi connectivity index (χ1n) is 13.8. The molecule has 0 aromatic heterocycles. The van der Waals surface area contributed by atoms with Gasteiger partial charge in [0.05, 0.1) is 10.6 Å². The SMILES string of the molecule is CN(c1ccc(OCC(=O)OCC(=O)c2ccc(C3CCCCC3)cc2)cc1)S(=O)(=O)c1ccc2ccccc2c1. The lowest BCUT2D eigenvalue weighted by Crippen LogP contribution is -2.26. The monoisotopic (exact) mass is 571 g/mol. The first-order chi connectivity index (χ1) is 19.8. The third-order valence-corrected chi connectivity index (χ3v) is 9.39. The van der Waals surface area contributed by atoms with Gasteiger partial charge in [-0.15, -0.1) is 0 Å². The summed E-state index contributed by atoms with van der Waals surface area (Å²) in [6, 6.07) is 26.6. The molecule has 0 saturated heterocycles. The zero-order valence-corrected chi connectivity index (χ0v) is 23.8. The molecule has 0 heterocycles. The minimum atomic E-state index is -3.78. The van der Waals surface area contributed by atoms with Gasteiger partial charge in [-0.2, -0.15) is 0 Å². The van der Waals surface area contributed by atoms with Crippen molar-refractivity contribution in [3.63, 3.8) is 0 Å². The van der Waals surface area contributed by atoms with Crippen LogP contribution in [0.15, 0.2) is 95.9 Å². The Bertz CT molecular complexity index is 1620. The fraction of sp³-hybridized carbons (Fsp3) is 0.273. The van der Waals surface area contributed by atoms with Gasteiger partial charge < -0.3 is 9.47 Å². The number of carbonyl (C=O) groups excluding carboxylic acids is 2. The first kappa shape index (κ1) is 28.4. The molecule has 41 heavy (non-hydrogen) atoms. The molecule has 0 bridgehead atoms. The molecule has 212 valence electrons. The van der Waals surface area contributed by atoms with Crippen LogP contribution in [0.5, 0.6) is 5.75 Å². The number of anilines is 1. The van der Waals surface area contributed by atoms with E-state index in [0.717, 1.165) is 10.8 Å². The number of ether oxygens (including phenoxy) is 2. The van der Waals surface area contributed by atoms with Crippen molar-refractivity contribution in [2.45, 2.75) is 42.9 Å². The number of ketones is 1. The van der Waals surface area contributed by atoms with E-state index in [1.165, 1.54) is 49.0 Å². The van der Waals surface area contributed by atoms with E-state index in [9.17, 15) is 18.0 Å². The van der Waals surface area contributed by atoms with Gasteiger partial charge in [0.1, 0.15) is 5.75 Å². The summed E-state index contributed by atoms with van der Waals surface area (Å²) >= 11 is 0. The van der Waals surface area contributed by atoms with Crippen LogP contribution in [0.3, 0.4) is 0 Å². The maximum atomic E-state index is 13.2. The normalized spacial score (nSPS) is 14.0. The number of esters is 1. The molecule has 4 aromatic rings. The van der Waals surface area contributed by atoms with Gasteiger partial charge in [0, 0.05) is 12.6 Å². The lowest BCUT2D eigenvalue weighted by Gasteiger charge is -2.22. The summed E-state index contributed by atoms with van der Waals surface area (Å²) in [6.07, 6.45) is 6.17. The zero-order chi connectivity index (χ0) is 28.8. The Labute approximate surface area is 240 Å². The molecule has 0 unspecified atom stereocenters. The zero-order valence-electron chi connectivity index (χ0n) is 23.0. The summed E-state index contributed by atoms with van der Waals surface area (Å²) in [5, 5.41) is 1.80. The summed E-state index contributed by atoms with van der Waals surface area (Å²) in [5.74, 6) is -0.0102. The highest BCUT2D eigenvalue weighted by Crippen LogP contribution is 2.32. The lowest BCUT2D eigenvalue weighted by molar-refractivity contribution is -0.144. The van der Waals surface area contributed by atoms with Crippen molar-refractivity contribution < 1.29 is 27.5 Å². The number of nitrogens with zero attached hydrogens (tertiary/aromatic N) is 1. The predicted octanol–water partition coefficient (Wildman–Crippen LogP) is 6.52. The topological polar surface area (TPSA) is 90.0 Å². The second-order valence-corrected chi connectivity index (χ2v) is 12.3. The number of carbonyl (C=O) groups is 2. The maximum absolute atomic E-state index is 13.2. The van der Waals surface area contributed by atoms with E-state index < -0.39 is 16.0 Å². The third kappa shape index (κ3) is 6.77. The van der Waals surface area contributed by atoms with Crippen molar-refractivity contribution in [2.24, 2.45) is 0 Å². The highest BCUT2D eigenvalue weighted by Gasteiger charge is 2.22. The van der Waals surface area contributed by atoms with Crippen LogP contribution in [0.2, 0.25) is 0 Å². The molecule has 0 aliphatic heterocycles. The Balaban J connectivity index is 1.11. The van der Waals surface area contributed by atoms with Crippen LogP contribution in [0.1, 0.15) is 53.9 Å². The van der Waals surface area contributed by atoms with Gasteiger partial charge in [-0.3, -0.25) is 9.10 Å². The van der Waals surface area contributed by atoms with E-state index >= 15 is 0 Å². The van der Waals surface area contributed by atoms with Crippen molar-refractivity contribution in [3.8, 4) is 5.75 Å². The molecule has 8 heteroatoms. The summed E-state index contributed by atoms with van der Waals surface area (Å²) in [7, 11) is -2.30. The summed E-state index contributed by atoms with van der Waals surface area (Å²) < 4.78 is 38.2. The molecule has 1 fully saturated rings. The number of hydrogen-bond acceptors (Lipinski definition) is 6. The fourth-order valence-corrected chi connectivity index (χ4v) is 6.40. The smallest absolute Gasteiger partial charge is 0.344 e. The van der Waals surface area contributed by atoms with Crippen LogP contribution < -0.4 is 9.04 Å². The van der Waals surface area contributed by atoms with Gasteiger partial charge in [0.2, 0.25) is 0 Å². The van der Waals surface area contributed by atoms with Gasteiger partial charge >= 0.3 is 5.97 Å². The first-order valence-corrected chi connectivity index (χ1v) is 15.2. The number of fused-ring (bicyclic) bond motifs is 1. The minimum absolute atomic E-state index is 0.191. The van der Waals surface area contributed by atoms with E-state index in [-0.39, 0.29) is 23.9 Å². The van der Waals surface area contributed by atoms with Crippen molar-refractivity contribution in [1.29, 1.82) is 0 Å². The molecule has 1 aliphatic carbocycles. The number of Topliss-reactive ketones (excluding diaryl/α,β-unsaturated/α-hetero) is 1. The largest absolute Gasteiger partial charge is 0.482 e. The Morgan fingerprint density at radius 3 is 2.20 bits per heavy atom. The molecule has 0 N–H and O–H groups in total. The highest BCUT2D eigenvalue weighted by molar-refractivity contribution is 7.92. The summed E-state index contributed by atoms with van der Waals surface area (Å²) in [6.45, 7) is -0.736. The summed E-state index contributed by atoms with van der Waals surface area (Å²) in [5.41, 5.74) is 2.21. The molecule has 7 nitrogen and oxygen atoms in total. The lowest BCUT2D eigenvalue weighted by atomic mass is 9.84. The van der Waals surface area contributed by atoms with Crippen LogP contribution in [-0.2, 0) is 19.6 Å². The number of sulfonamides is 1. The van der Waals surface area contributed by atoms with Crippen molar-refractivity contribution >= 4 is 38.2 Å². The molecule has 0 radical (unpaired) electrons. The second-order valence-electron chi connectivity index (χ2n) is 10.3. The molecular weight excluding hydrogens is 538 g/mol. The van der Waals surface area contributed by atoms with Crippen LogP contribution in [0.25, 0.3) is 10.8 Å².